The molecule has 0 saturated heterocycles. The van der Waals surface area contributed by atoms with Gasteiger partial charge in [0.1, 0.15) is 18.1 Å². The molecule has 6 aromatic rings. The van der Waals surface area contributed by atoms with Crippen LogP contribution in [0.4, 0.5) is 11.6 Å². The number of aryl methyl sites for hydroxylation is 1. The predicted molar refractivity (Wildman–Crippen MR) is 203 cm³/mol. The minimum atomic E-state index is -0.575. The van der Waals surface area contributed by atoms with Gasteiger partial charge in [-0.2, -0.15) is 0 Å². The summed E-state index contributed by atoms with van der Waals surface area (Å²) in [6, 6.07) is 23.6. The molecule has 1 aliphatic carbocycles. The smallest absolute Gasteiger partial charge is 0.272 e. The summed E-state index contributed by atoms with van der Waals surface area (Å²) < 4.78 is 31.2. The number of hydrazine groups is 1. The van der Waals surface area contributed by atoms with E-state index < -0.39 is 17.9 Å². The van der Waals surface area contributed by atoms with Crippen molar-refractivity contribution in [3.63, 3.8) is 0 Å². The van der Waals surface area contributed by atoms with Crippen LogP contribution in [0.3, 0.4) is 0 Å². The summed E-state index contributed by atoms with van der Waals surface area (Å²) in [5, 5.41) is 4.54. The minimum absolute atomic E-state index is 0.00468. The molecule has 274 valence electrons. The van der Waals surface area contributed by atoms with Crippen molar-refractivity contribution in [2.24, 2.45) is 7.05 Å². The van der Waals surface area contributed by atoms with Crippen molar-refractivity contribution >= 4 is 46.0 Å². The third-order valence-corrected chi connectivity index (χ3v) is 9.86. The summed E-state index contributed by atoms with van der Waals surface area (Å²) >= 11 is 0. The lowest BCUT2D eigenvalue weighted by Gasteiger charge is -2.30. The van der Waals surface area contributed by atoms with E-state index in [0.717, 1.165) is 28.3 Å². The Hall–Kier alpha value is -6.04. The zero-order valence-electron chi connectivity index (χ0n) is 31.1. The number of rotatable bonds is 12. The lowest BCUT2D eigenvalue weighted by molar-refractivity contribution is -0.768. The summed E-state index contributed by atoms with van der Waals surface area (Å²) in [5.74, 6) is -0.421. The molecule has 1 aliphatic heterocycles. The second-order valence-electron chi connectivity index (χ2n) is 13.1. The molecule has 0 fully saturated rings. The van der Waals surface area contributed by atoms with E-state index >= 15 is 0 Å². The molecule has 8 rings (SSSR count). The largest absolute Gasteiger partial charge is 0.433 e. The highest BCUT2D eigenvalue weighted by atomic mass is 16.7. The van der Waals surface area contributed by atoms with Crippen LogP contribution in [0.1, 0.15) is 76.8 Å². The number of fused-ring (bicyclic) bond motifs is 6. The van der Waals surface area contributed by atoms with Gasteiger partial charge in [-0.1, -0.05) is 53.2 Å². The molecule has 54 heavy (non-hydrogen) atoms. The topological polar surface area (TPSA) is 98.0 Å². The van der Waals surface area contributed by atoms with Crippen LogP contribution >= 0.6 is 0 Å². The SMILES string of the molecule is CCOC(Cc1c2c3c(oc2n(-c2ccccc2)[n+]1CC)C(=O)c1c(oc2c1/C(=C/C=C/c1cc[n+](C)cc1)N(CC)N2c1ccccc1)C3=O)OCC. The number of benzene rings is 2. The molecule has 11 heteroatoms. The number of para-hydroxylation sites is 2. The third kappa shape index (κ3) is 5.67. The van der Waals surface area contributed by atoms with E-state index in [1.165, 1.54) is 0 Å². The molecule has 5 heterocycles. The summed E-state index contributed by atoms with van der Waals surface area (Å²) in [5.41, 5.74) is 5.50. The fourth-order valence-corrected chi connectivity index (χ4v) is 7.57. The normalized spacial score (nSPS) is 14.7. The molecular weight excluding hydrogens is 683 g/mol. The molecule has 0 radical (unpaired) electrons. The van der Waals surface area contributed by atoms with Crippen molar-refractivity contribution in [3.05, 3.63) is 137 Å². The standard InChI is InChI=1S/C43H43N5O6/c1-6-45-31(22-16-17-28-23-25-44(5)26-24-28)34-36-38(49)41-37(39(50)40(36)53-42(34)47(45)29-18-12-10-13-19-29)35-32(27-33(51-8-3)52-9-4)46(7-2)48(43(35)54-41)30-20-14-11-15-21-30/h10-26,33H,6-9,27H2,1-5H3/q+2. The van der Waals surface area contributed by atoms with E-state index in [-0.39, 0.29) is 22.6 Å². The fourth-order valence-electron chi connectivity index (χ4n) is 7.57. The second kappa shape index (κ2) is 14.4. The van der Waals surface area contributed by atoms with Crippen molar-refractivity contribution < 1.29 is 37.1 Å². The van der Waals surface area contributed by atoms with E-state index in [0.29, 0.717) is 55.3 Å². The van der Waals surface area contributed by atoms with Crippen LogP contribution in [0.2, 0.25) is 0 Å². The molecule has 0 spiro atoms. The molecule has 11 nitrogen and oxygen atoms in total. The van der Waals surface area contributed by atoms with Crippen molar-refractivity contribution in [3.8, 4) is 5.69 Å². The van der Waals surface area contributed by atoms with Crippen LogP contribution in [0.25, 0.3) is 28.6 Å². The lowest BCUT2D eigenvalue weighted by Crippen LogP contribution is -2.46. The van der Waals surface area contributed by atoms with Crippen LogP contribution in [0.15, 0.2) is 106 Å². The van der Waals surface area contributed by atoms with Crippen molar-refractivity contribution in [2.45, 2.75) is 47.0 Å². The number of allylic oxidation sites excluding steroid dienone is 2. The Labute approximate surface area is 313 Å². The first-order chi connectivity index (χ1) is 26.4. The van der Waals surface area contributed by atoms with E-state index in [4.69, 9.17) is 18.3 Å². The number of nitrogens with zero attached hydrogens (tertiary/aromatic N) is 5. The molecular formula is C43H43N5O6+2. The maximum absolute atomic E-state index is 14.9. The van der Waals surface area contributed by atoms with Gasteiger partial charge in [0.15, 0.2) is 36.7 Å². The second-order valence-corrected chi connectivity index (χ2v) is 13.1. The number of pyridine rings is 1. The van der Waals surface area contributed by atoms with Crippen LogP contribution in [-0.4, -0.2) is 47.3 Å². The van der Waals surface area contributed by atoms with Crippen molar-refractivity contribution in [2.75, 3.05) is 24.8 Å². The van der Waals surface area contributed by atoms with Crippen LogP contribution < -0.4 is 14.3 Å². The Balaban J connectivity index is 1.34. The van der Waals surface area contributed by atoms with Gasteiger partial charge >= 0.3 is 0 Å². The first kappa shape index (κ1) is 35.0. The molecule has 0 atom stereocenters. The van der Waals surface area contributed by atoms with E-state index in [9.17, 15) is 9.59 Å². The van der Waals surface area contributed by atoms with Gasteiger partial charge in [-0.15, -0.1) is 4.68 Å². The molecule has 0 N–H and O–H groups in total. The maximum Gasteiger partial charge on any atom is 0.272 e. The number of hydrogen-bond donors (Lipinski definition) is 0. The first-order valence-corrected chi connectivity index (χ1v) is 18.5. The monoisotopic (exact) mass is 725 g/mol. The Morgan fingerprint density at radius 1 is 0.778 bits per heavy atom. The Kier molecular flexibility index (Phi) is 9.35. The van der Waals surface area contributed by atoms with Gasteiger partial charge in [0.05, 0.1) is 34.5 Å². The predicted octanol–water partition coefficient (Wildman–Crippen LogP) is 7.11. The number of furan rings is 2. The highest BCUT2D eigenvalue weighted by molar-refractivity contribution is 6.32. The average molecular weight is 726 g/mol. The van der Waals surface area contributed by atoms with Gasteiger partial charge in [-0.05, 0) is 63.6 Å². The van der Waals surface area contributed by atoms with Gasteiger partial charge in [0.2, 0.25) is 23.1 Å². The van der Waals surface area contributed by atoms with E-state index in [1.807, 2.05) is 152 Å². The summed E-state index contributed by atoms with van der Waals surface area (Å²) in [7, 11) is 1.97. The van der Waals surface area contributed by atoms with E-state index in [1.54, 1.807) is 0 Å². The molecule has 2 aliphatic rings. The summed E-state index contributed by atoms with van der Waals surface area (Å²) in [4.78, 5) is 29.9. The zero-order chi connectivity index (χ0) is 37.5. The fraction of sp³-hybridized carbons (Fsp3) is 0.256. The van der Waals surface area contributed by atoms with Crippen LogP contribution in [0, 0.1) is 0 Å². The Morgan fingerprint density at radius 3 is 2.04 bits per heavy atom. The number of carbonyl (C=O) groups is 2. The number of ketones is 2. The average Bonchev–Trinajstić information content (AvgIpc) is 3.93. The van der Waals surface area contributed by atoms with Crippen LogP contribution in [0.5, 0.6) is 0 Å². The zero-order valence-corrected chi connectivity index (χ0v) is 31.1. The highest BCUT2D eigenvalue weighted by Gasteiger charge is 2.49. The van der Waals surface area contributed by atoms with Gasteiger partial charge in [0, 0.05) is 31.9 Å². The number of hydrogen-bond acceptors (Lipinski definition) is 8. The van der Waals surface area contributed by atoms with Gasteiger partial charge in [-0.3, -0.25) is 14.6 Å². The quantitative estimate of drug-likeness (QED) is 0.0972. The maximum atomic E-state index is 14.9. The molecule has 2 aromatic carbocycles. The number of carbonyl (C=O) groups excluding carboxylic acids is 2. The summed E-state index contributed by atoms with van der Waals surface area (Å²) in [6.45, 7) is 9.93. The molecule has 0 amide bonds. The number of anilines is 2. The molecule has 0 saturated carbocycles. The third-order valence-electron chi connectivity index (χ3n) is 9.86. The lowest BCUT2D eigenvalue weighted by atomic mass is 9.89. The van der Waals surface area contributed by atoms with Gasteiger partial charge in [0.25, 0.3) is 5.71 Å². The van der Waals surface area contributed by atoms with Gasteiger partial charge < -0.3 is 18.3 Å². The molecule has 0 bridgehead atoms. The number of ether oxygens (including phenoxy) is 2. The first-order valence-electron chi connectivity index (χ1n) is 18.5. The van der Waals surface area contributed by atoms with Gasteiger partial charge in [-0.25, -0.2) is 9.58 Å². The van der Waals surface area contributed by atoms with E-state index in [2.05, 4.69) is 9.69 Å². The molecule has 0 unspecified atom stereocenters. The summed E-state index contributed by atoms with van der Waals surface area (Å²) in [6.07, 6.45) is 9.65. The number of aromatic nitrogens is 3. The minimum Gasteiger partial charge on any atom is -0.433 e. The highest BCUT2D eigenvalue weighted by Crippen LogP contribution is 2.51. The Morgan fingerprint density at radius 2 is 1.41 bits per heavy atom. The van der Waals surface area contributed by atoms with Crippen molar-refractivity contribution in [1.29, 1.82) is 0 Å². The van der Waals surface area contributed by atoms with Crippen molar-refractivity contribution in [1.82, 2.24) is 9.69 Å². The van der Waals surface area contributed by atoms with Crippen LogP contribution in [-0.2, 0) is 29.5 Å². The molecule has 4 aromatic heterocycles. The Bertz CT molecular complexity index is 2420.